The zero-order valence-electron chi connectivity index (χ0n) is 10.7. The summed E-state index contributed by atoms with van der Waals surface area (Å²) in [6.45, 7) is 0. The van der Waals surface area contributed by atoms with Crippen LogP contribution in [0.3, 0.4) is 0 Å². The number of amides is 2. The third-order valence-electron chi connectivity index (χ3n) is 2.35. The zero-order chi connectivity index (χ0) is 14.4. The van der Waals surface area contributed by atoms with Crippen molar-refractivity contribution in [2.45, 2.75) is 5.16 Å². The molecule has 0 aliphatic heterocycles. The van der Waals surface area contributed by atoms with E-state index in [0.29, 0.717) is 10.7 Å². The first kappa shape index (κ1) is 14.1. The van der Waals surface area contributed by atoms with E-state index in [4.69, 9.17) is 0 Å². The van der Waals surface area contributed by atoms with Crippen LogP contribution in [-0.4, -0.2) is 32.3 Å². The molecule has 2 amide bonds. The van der Waals surface area contributed by atoms with E-state index in [0.717, 1.165) is 0 Å². The molecule has 8 heteroatoms. The Labute approximate surface area is 119 Å². The Morgan fingerprint density at radius 2 is 2.00 bits per heavy atom. The first-order valence-electron chi connectivity index (χ1n) is 5.78. The molecule has 0 unspecified atom stereocenters. The Bertz CT molecular complexity index is 599. The van der Waals surface area contributed by atoms with E-state index in [1.807, 2.05) is 6.07 Å². The Morgan fingerprint density at radius 3 is 2.65 bits per heavy atom. The lowest BCUT2D eigenvalue weighted by Gasteiger charge is -2.06. The van der Waals surface area contributed by atoms with E-state index in [2.05, 4.69) is 21.0 Å². The number of hydrogen-bond acceptors (Lipinski definition) is 5. The number of nitrogens with zero attached hydrogens (tertiary/aromatic N) is 3. The van der Waals surface area contributed by atoms with Crippen LogP contribution >= 0.6 is 11.8 Å². The molecule has 0 fully saturated rings. The van der Waals surface area contributed by atoms with Crippen LogP contribution in [0, 0.1) is 0 Å². The molecule has 1 aromatic carbocycles. The highest BCUT2D eigenvalue weighted by atomic mass is 32.2. The van der Waals surface area contributed by atoms with Gasteiger partial charge in [0, 0.05) is 12.6 Å². The Morgan fingerprint density at radius 1 is 1.25 bits per heavy atom. The molecule has 2 aromatic rings. The Hall–Kier alpha value is -2.35. The van der Waals surface area contributed by atoms with E-state index in [-0.39, 0.29) is 17.6 Å². The van der Waals surface area contributed by atoms with Gasteiger partial charge in [-0.05, 0) is 12.1 Å². The summed E-state index contributed by atoms with van der Waals surface area (Å²) in [5.74, 6) is -0.536. The lowest BCUT2D eigenvalue weighted by atomic mass is 10.2. The summed E-state index contributed by atoms with van der Waals surface area (Å²) in [6, 6.07) is 8.64. The Balaban J connectivity index is 1.75. The summed E-state index contributed by atoms with van der Waals surface area (Å²) in [4.78, 5) is 23.3. The SMILES string of the molecule is Cn1cnnc1SCC(=O)NNC(=O)c1ccccc1. The van der Waals surface area contributed by atoms with Crippen molar-refractivity contribution >= 4 is 23.6 Å². The van der Waals surface area contributed by atoms with Crippen LogP contribution in [0.5, 0.6) is 0 Å². The van der Waals surface area contributed by atoms with E-state index in [1.165, 1.54) is 11.8 Å². The number of hydrazine groups is 1. The van der Waals surface area contributed by atoms with Crippen LogP contribution in [0.25, 0.3) is 0 Å². The van der Waals surface area contributed by atoms with Crippen LogP contribution < -0.4 is 10.9 Å². The van der Waals surface area contributed by atoms with Gasteiger partial charge in [0.25, 0.3) is 5.91 Å². The fourth-order valence-electron chi connectivity index (χ4n) is 1.36. The number of nitrogens with one attached hydrogen (secondary N) is 2. The average molecular weight is 291 g/mol. The summed E-state index contributed by atoms with van der Waals surface area (Å²) in [5, 5.41) is 8.18. The van der Waals surface area contributed by atoms with Gasteiger partial charge in [0.2, 0.25) is 5.91 Å². The number of hydrogen-bond donors (Lipinski definition) is 2. The standard InChI is InChI=1S/C12H13N5O2S/c1-17-8-13-16-12(17)20-7-10(18)14-15-11(19)9-5-3-2-4-6-9/h2-6,8H,7H2,1H3,(H,14,18)(H,15,19). The number of carbonyl (C=O) groups is 2. The monoisotopic (exact) mass is 291 g/mol. The van der Waals surface area contributed by atoms with E-state index in [1.54, 1.807) is 42.2 Å². The molecule has 2 N–H and O–H groups in total. The molecule has 0 saturated carbocycles. The summed E-state index contributed by atoms with van der Waals surface area (Å²) in [6.07, 6.45) is 1.55. The molecule has 0 saturated heterocycles. The van der Waals surface area contributed by atoms with Crippen LogP contribution in [0.2, 0.25) is 0 Å². The van der Waals surface area contributed by atoms with Crippen molar-refractivity contribution in [1.29, 1.82) is 0 Å². The second-order valence-electron chi connectivity index (χ2n) is 3.88. The number of aromatic nitrogens is 3. The van der Waals surface area contributed by atoms with Crippen molar-refractivity contribution in [3.05, 3.63) is 42.2 Å². The molecule has 1 aromatic heterocycles. The van der Waals surface area contributed by atoms with Gasteiger partial charge in [-0.25, -0.2) is 0 Å². The number of rotatable bonds is 4. The molecule has 7 nitrogen and oxygen atoms in total. The molecule has 0 aliphatic rings. The number of benzene rings is 1. The highest BCUT2D eigenvalue weighted by molar-refractivity contribution is 7.99. The van der Waals surface area contributed by atoms with Crippen molar-refractivity contribution in [2.75, 3.05) is 5.75 Å². The third-order valence-corrected chi connectivity index (χ3v) is 3.39. The topological polar surface area (TPSA) is 88.9 Å². The van der Waals surface area contributed by atoms with Gasteiger partial charge in [-0.3, -0.25) is 20.4 Å². The molecule has 20 heavy (non-hydrogen) atoms. The normalized spacial score (nSPS) is 10.1. The first-order valence-corrected chi connectivity index (χ1v) is 6.76. The van der Waals surface area contributed by atoms with Gasteiger partial charge >= 0.3 is 0 Å². The molecule has 0 radical (unpaired) electrons. The Kier molecular flexibility index (Phi) is 4.72. The maximum atomic E-state index is 11.7. The maximum absolute atomic E-state index is 11.7. The molecule has 0 spiro atoms. The van der Waals surface area contributed by atoms with Gasteiger partial charge in [-0.2, -0.15) is 0 Å². The smallest absolute Gasteiger partial charge is 0.269 e. The molecule has 0 aliphatic carbocycles. The average Bonchev–Trinajstić information content (AvgIpc) is 2.89. The van der Waals surface area contributed by atoms with Crippen LogP contribution in [-0.2, 0) is 11.8 Å². The van der Waals surface area contributed by atoms with Crippen molar-refractivity contribution in [1.82, 2.24) is 25.6 Å². The molecular weight excluding hydrogens is 278 g/mol. The summed E-state index contributed by atoms with van der Waals surface area (Å²) in [5.41, 5.74) is 5.18. The summed E-state index contributed by atoms with van der Waals surface area (Å²) in [7, 11) is 1.79. The second kappa shape index (κ2) is 6.71. The van der Waals surface area contributed by atoms with Gasteiger partial charge in [0.1, 0.15) is 6.33 Å². The zero-order valence-corrected chi connectivity index (χ0v) is 11.6. The lowest BCUT2D eigenvalue weighted by Crippen LogP contribution is -2.42. The van der Waals surface area contributed by atoms with Crippen LogP contribution in [0.1, 0.15) is 10.4 Å². The molecule has 0 atom stereocenters. The van der Waals surface area contributed by atoms with Crippen molar-refractivity contribution in [2.24, 2.45) is 7.05 Å². The molecule has 2 rings (SSSR count). The van der Waals surface area contributed by atoms with Crippen LogP contribution in [0.4, 0.5) is 0 Å². The first-order chi connectivity index (χ1) is 9.66. The predicted octanol–water partition coefficient (Wildman–Crippen LogP) is 0.368. The number of thioether (sulfide) groups is 1. The van der Waals surface area contributed by atoms with Crippen molar-refractivity contribution in [3.8, 4) is 0 Å². The largest absolute Gasteiger partial charge is 0.312 e. The minimum absolute atomic E-state index is 0.140. The van der Waals surface area contributed by atoms with Gasteiger partial charge in [-0.1, -0.05) is 30.0 Å². The van der Waals surface area contributed by atoms with E-state index in [9.17, 15) is 9.59 Å². The lowest BCUT2D eigenvalue weighted by molar-refractivity contribution is -0.119. The van der Waals surface area contributed by atoms with E-state index >= 15 is 0 Å². The third kappa shape index (κ3) is 3.82. The molecular formula is C12H13N5O2S. The van der Waals surface area contributed by atoms with Crippen molar-refractivity contribution in [3.63, 3.8) is 0 Å². The highest BCUT2D eigenvalue weighted by Gasteiger charge is 2.09. The number of carbonyl (C=O) groups excluding carboxylic acids is 2. The van der Waals surface area contributed by atoms with Gasteiger partial charge < -0.3 is 4.57 Å². The molecule has 0 bridgehead atoms. The van der Waals surface area contributed by atoms with Gasteiger partial charge in [0.05, 0.1) is 5.75 Å². The number of aryl methyl sites for hydroxylation is 1. The van der Waals surface area contributed by atoms with Crippen molar-refractivity contribution < 1.29 is 9.59 Å². The van der Waals surface area contributed by atoms with Gasteiger partial charge in [0.15, 0.2) is 5.16 Å². The fraction of sp³-hybridized carbons (Fsp3) is 0.167. The molecule has 104 valence electrons. The quantitative estimate of drug-likeness (QED) is 0.627. The van der Waals surface area contributed by atoms with Crippen LogP contribution in [0.15, 0.2) is 41.8 Å². The van der Waals surface area contributed by atoms with Gasteiger partial charge in [-0.15, -0.1) is 10.2 Å². The molecule has 1 heterocycles. The predicted molar refractivity (Wildman–Crippen MR) is 73.8 cm³/mol. The minimum atomic E-state index is -0.359. The minimum Gasteiger partial charge on any atom is -0.312 e. The second-order valence-corrected chi connectivity index (χ2v) is 4.82. The fourth-order valence-corrected chi connectivity index (χ4v) is 2.05. The highest BCUT2D eigenvalue weighted by Crippen LogP contribution is 2.12. The summed E-state index contributed by atoms with van der Waals surface area (Å²) >= 11 is 1.24. The summed E-state index contributed by atoms with van der Waals surface area (Å²) < 4.78 is 1.71. The van der Waals surface area contributed by atoms with E-state index < -0.39 is 0 Å². The maximum Gasteiger partial charge on any atom is 0.269 e.